The first kappa shape index (κ1) is 22.0. The summed E-state index contributed by atoms with van der Waals surface area (Å²) < 4.78 is 12.5. The summed E-state index contributed by atoms with van der Waals surface area (Å²) in [5, 5.41) is 9.07. The second-order valence-corrected chi connectivity index (χ2v) is 8.40. The monoisotopic (exact) mass is 473 g/mol. The summed E-state index contributed by atoms with van der Waals surface area (Å²) in [4.78, 5) is 26.8. The third-order valence-corrected chi connectivity index (χ3v) is 6.01. The van der Waals surface area contributed by atoms with E-state index < -0.39 is 6.04 Å². The normalized spacial score (nSPS) is 14.4. The molecule has 0 bridgehead atoms. The summed E-state index contributed by atoms with van der Waals surface area (Å²) in [6.07, 6.45) is 3.31. The molecule has 5 rings (SSSR count). The molecule has 0 spiro atoms. The van der Waals surface area contributed by atoms with E-state index in [1.807, 2.05) is 18.2 Å². The Labute approximate surface area is 200 Å². The molecule has 1 aliphatic carbocycles. The highest BCUT2D eigenvalue weighted by Gasteiger charge is 2.36. The number of halogens is 1. The number of nitrogens with zero attached hydrogens (tertiary/aromatic N) is 3. The number of aromatic nitrogens is 3. The van der Waals surface area contributed by atoms with Crippen LogP contribution in [0, 0.1) is 0 Å². The summed E-state index contributed by atoms with van der Waals surface area (Å²) >= 11 is 6.11. The van der Waals surface area contributed by atoms with Crippen LogP contribution in [0.3, 0.4) is 0 Å². The number of ether oxygens (including phenoxy) is 1. The fourth-order valence-corrected chi connectivity index (χ4v) is 4.23. The molecular weight excluding hydrogens is 454 g/mol. The van der Waals surface area contributed by atoms with Crippen molar-refractivity contribution in [1.82, 2.24) is 15.0 Å². The van der Waals surface area contributed by atoms with Gasteiger partial charge < -0.3 is 9.15 Å². The van der Waals surface area contributed by atoms with Crippen LogP contribution < -0.4 is 0 Å². The molecule has 170 valence electrons. The van der Waals surface area contributed by atoms with Gasteiger partial charge in [0.15, 0.2) is 11.6 Å². The molecule has 0 N–H and O–H groups in total. The molecule has 2 aromatic carbocycles. The van der Waals surface area contributed by atoms with Crippen LogP contribution in [0.4, 0.5) is 0 Å². The number of rotatable bonds is 7. The van der Waals surface area contributed by atoms with Crippen molar-refractivity contribution in [2.45, 2.75) is 26.2 Å². The SMILES string of the molecule is CC1=C(C(c2ccc(Cl)cc2)n2cc(COCc3ccco3)nn2)C(=O)c2ccccc2C1=O. The third kappa shape index (κ3) is 4.11. The van der Waals surface area contributed by atoms with Gasteiger partial charge in [0, 0.05) is 27.3 Å². The molecule has 0 saturated heterocycles. The van der Waals surface area contributed by atoms with E-state index >= 15 is 0 Å². The summed E-state index contributed by atoms with van der Waals surface area (Å²) in [6, 6.07) is 16.9. The Kier molecular flexibility index (Phi) is 5.96. The molecule has 0 radical (unpaired) electrons. The van der Waals surface area contributed by atoms with Crippen LogP contribution in [0.1, 0.15) is 50.7 Å². The van der Waals surface area contributed by atoms with Crippen LogP contribution in [0.2, 0.25) is 5.02 Å². The predicted molar refractivity (Wildman–Crippen MR) is 125 cm³/mol. The quantitative estimate of drug-likeness (QED) is 0.365. The van der Waals surface area contributed by atoms with E-state index in [1.165, 1.54) is 0 Å². The van der Waals surface area contributed by atoms with Crippen molar-refractivity contribution in [3.8, 4) is 0 Å². The maximum atomic E-state index is 13.6. The number of furan rings is 1. The second-order valence-electron chi connectivity index (χ2n) is 7.96. The number of ketones is 2. The highest BCUT2D eigenvalue weighted by atomic mass is 35.5. The lowest BCUT2D eigenvalue weighted by atomic mass is 9.80. The molecule has 0 amide bonds. The first-order valence-corrected chi connectivity index (χ1v) is 11.1. The smallest absolute Gasteiger partial charge is 0.192 e. The van der Waals surface area contributed by atoms with Crippen LogP contribution in [0.25, 0.3) is 0 Å². The number of carbonyl (C=O) groups is 2. The number of hydrogen-bond donors (Lipinski definition) is 0. The van der Waals surface area contributed by atoms with Crippen LogP contribution in [-0.2, 0) is 18.0 Å². The van der Waals surface area contributed by atoms with Gasteiger partial charge >= 0.3 is 0 Å². The minimum atomic E-state index is -0.659. The van der Waals surface area contributed by atoms with Gasteiger partial charge in [0.2, 0.25) is 0 Å². The van der Waals surface area contributed by atoms with Crippen molar-refractivity contribution < 1.29 is 18.7 Å². The molecule has 1 atom stereocenters. The number of carbonyl (C=O) groups excluding carboxylic acids is 2. The lowest BCUT2D eigenvalue weighted by Crippen LogP contribution is -2.28. The number of fused-ring (bicyclic) bond motifs is 1. The van der Waals surface area contributed by atoms with Crippen molar-refractivity contribution >= 4 is 23.2 Å². The summed E-state index contributed by atoms with van der Waals surface area (Å²) in [5.74, 6) is 0.322. The van der Waals surface area contributed by atoms with E-state index in [0.717, 1.165) is 5.56 Å². The standard InChI is InChI=1S/C26H20ClN3O4/c1-16-23(26(32)22-7-3-2-6-21(22)25(16)31)24(17-8-10-18(27)11-9-17)30-13-19(28-29-30)14-33-15-20-5-4-12-34-20/h2-13,24H,14-15H2,1H3. The number of hydrogen-bond acceptors (Lipinski definition) is 6. The summed E-state index contributed by atoms with van der Waals surface area (Å²) in [5.41, 5.74) is 2.88. The first-order chi connectivity index (χ1) is 16.5. The molecule has 4 aromatic rings. The lowest BCUT2D eigenvalue weighted by molar-refractivity contribution is 0.0905. The van der Waals surface area contributed by atoms with E-state index in [4.69, 9.17) is 20.8 Å². The van der Waals surface area contributed by atoms with Gasteiger partial charge in [-0.2, -0.15) is 0 Å². The fraction of sp³-hybridized carbons (Fsp3) is 0.154. The van der Waals surface area contributed by atoms with Gasteiger partial charge in [0.05, 0.1) is 19.1 Å². The molecule has 34 heavy (non-hydrogen) atoms. The van der Waals surface area contributed by atoms with Gasteiger partial charge in [-0.25, -0.2) is 4.68 Å². The van der Waals surface area contributed by atoms with Crippen molar-refractivity contribution in [1.29, 1.82) is 0 Å². The zero-order chi connectivity index (χ0) is 23.7. The molecule has 0 saturated carbocycles. The number of allylic oxidation sites excluding steroid dienone is 2. The zero-order valence-electron chi connectivity index (χ0n) is 18.3. The minimum absolute atomic E-state index is 0.175. The Balaban J connectivity index is 1.52. The van der Waals surface area contributed by atoms with E-state index in [1.54, 1.807) is 66.5 Å². The number of benzene rings is 2. The van der Waals surface area contributed by atoms with E-state index in [9.17, 15) is 9.59 Å². The van der Waals surface area contributed by atoms with Crippen molar-refractivity contribution in [2.24, 2.45) is 0 Å². The highest BCUT2D eigenvalue weighted by Crippen LogP contribution is 2.36. The Hall–Kier alpha value is -3.81. The Morgan fingerprint density at radius 2 is 1.71 bits per heavy atom. The minimum Gasteiger partial charge on any atom is -0.467 e. The molecule has 2 heterocycles. The van der Waals surface area contributed by atoms with Gasteiger partial charge in [-0.3, -0.25) is 9.59 Å². The molecule has 1 aliphatic rings. The van der Waals surface area contributed by atoms with Gasteiger partial charge in [-0.15, -0.1) is 5.10 Å². The molecule has 2 aromatic heterocycles. The van der Waals surface area contributed by atoms with Crippen LogP contribution >= 0.6 is 11.6 Å². The van der Waals surface area contributed by atoms with Crippen LogP contribution in [0.15, 0.2) is 88.7 Å². The predicted octanol–water partition coefficient (Wildman–Crippen LogP) is 5.23. The Morgan fingerprint density at radius 1 is 0.971 bits per heavy atom. The average molecular weight is 474 g/mol. The molecule has 1 unspecified atom stereocenters. The van der Waals surface area contributed by atoms with Crippen molar-refractivity contribution in [2.75, 3.05) is 0 Å². The molecule has 0 aliphatic heterocycles. The van der Waals surface area contributed by atoms with Gasteiger partial charge in [0.1, 0.15) is 24.1 Å². The fourth-order valence-electron chi connectivity index (χ4n) is 4.10. The van der Waals surface area contributed by atoms with Gasteiger partial charge in [-0.05, 0) is 36.8 Å². The van der Waals surface area contributed by atoms with Crippen molar-refractivity contribution in [3.63, 3.8) is 0 Å². The maximum Gasteiger partial charge on any atom is 0.192 e. The van der Waals surface area contributed by atoms with E-state index in [2.05, 4.69) is 10.3 Å². The Bertz CT molecular complexity index is 1390. The van der Waals surface area contributed by atoms with Crippen LogP contribution in [0.5, 0.6) is 0 Å². The zero-order valence-corrected chi connectivity index (χ0v) is 19.0. The molecule has 8 heteroatoms. The highest BCUT2D eigenvalue weighted by molar-refractivity contribution is 6.30. The van der Waals surface area contributed by atoms with Crippen molar-refractivity contribution in [3.05, 3.63) is 117 Å². The topological polar surface area (TPSA) is 87.2 Å². The Morgan fingerprint density at radius 3 is 2.41 bits per heavy atom. The third-order valence-electron chi connectivity index (χ3n) is 5.76. The largest absolute Gasteiger partial charge is 0.467 e. The first-order valence-electron chi connectivity index (χ1n) is 10.7. The summed E-state index contributed by atoms with van der Waals surface area (Å²) in [6.45, 7) is 2.19. The molecule has 7 nitrogen and oxygen atoms in total. The number of Topliss-reactive ketones (excluding diaryl/α,β-unsaturated/α-hetero) is 2. The second kappa shape index (κ2) is 9.21. The van der Waals surface area contributed by atoms with Gasteiger partial charge in [0.25, 0.3) is 0 Å². The van der Waals surface area contributed by atoms with Gasteiger partial charge in [-0.1, -0.05) is 53.2 Å². The summed E-state index contributed by atoms with van der Waals surface area (Å²) in [7, 11) is 0. The van der Waals surface area contributed by atoms with Crippen LogP contribution in [-0.4, -0.2) is 26.6 Å². The maximum absolute atomic E-state index is 13.6. The average Bonchev–Trinajstić information content (AvgIpc) is 3.54. The molecule has 0 fully saturated rings. The van der Waals surface area contributed by atoms with E-state index in [-0.39, 0.29) is 18.2 Å². The lowest BCUT2D eigenvalue weighted by Gasteiger charge is -2.26. The van der Waals surface area contributed by atoms with E-state index in [0.29, 0.717) is 45.4 Å². The molecular formula is C26H20ClN3O4.